The second-order valence-corrected chi connectivity index (χ2v) is 7.87. The van der Waals surface area contributed by atoms with Crippen molar-refractivity contribution in [1.29, 1.82) is 0 Å². The van der Waals surface area contributed by atoms with Gasteiger partial charge in [-0.2, -0.15) is 0 Å². The minimum absolute atomic E-state index is 0.0704. The number of aliphatic carboxylic acids is 1. The molecule has 1 atom stereocenters. The monoisotopic (exact) mass is 322 g/mol. The summed E-state index contributed by atoms with van der Waals surface area (Å²) < 4.78 is 23.1. The fourth-order valence-electron chi connectivity index (χ4n) is 2.34. The third-order valence-corrected chi connectivity index (χ3v) is 5.80. The van der Waals surface area contributed by atoms with Gasteiger partial charge in [0.2, 0.25) is 0 Å². The summed E-state index contributed by atoms with van der Waals surface area (Å²) in [5.41, 5.74) is -0.735. The lowest BCUT2D eigenvalue weighted by Crippen LogP contribution is -2.34. The van der Waals surface area contributed by atoms with Crippen LogP contribution in [0.25, 0.3) is 0 Å². The van der Waals surface area contributed by atoms with E-state index in [1.807, 2.05) is 0 Å². The van der Waals surface area contributed by atoms with E-state index >= 15 is 0 Å². The third kappa shape index (κ3) is 3.04. The standard InChI is InChI=1S/C12H12Cl2O4S/c13-9-1-2-10(14)8(5-9)6-12(11(15)16)3-4-19(17,18)7-12/h1-2,5H,3-4,6-7H2,(H,15,16). The molecule has 1 fully saturated rings. The molecule has 1 aromatic rings. The first kappa shape index (κ1) is 14.6. The average Bonchev–Trinajstić information content (AvgIpc) is 2.61. The van der Waals surface area contributed by atoms with E-state index < -0.39 is 21.2 Å². The normalized spacial score (nSPS) is 25.4. The summed E-state index contributed by atoms with van der Waals surface area (Å²) in [5, 5.41) is 10.2. The highest BCUT2D eigenvalue weighted by atomic mass is 35.5. The molecule has 0 aromatic heterocycles. The van der Waals surface area contributed by atoms with E-state index in [2.05, 4.69) is 0 Å². The Labute approximate surface area is 121 Å². The number of sulfone groups is 1. The van der Waals surface area contributed by atoms with E-state index in [1.54, 1.807) is 18.2 Å². The van der Waals surface area contributed by atoms with E-state index in [0.717, 1.165) is 0 Å². The molecule has 19 heavy (non-hydrogen) atoms. The SMILES string of the molecule is O=C(O)C1(Cc2cc(Cl)ccc2Cl)CCS(=O)(=O)C1. The van der Waals surface area contributed by atoms with E-state index in [1.165, 1.54) is 0 Å². The number of carboxylic acid groups (broad SMARTS) is 1. The molecule has 4 nitrogen and oxygen atoms in total. The number of halogens is 2. The zero-order valence-corrected chi connectivity index (χ0v) is 12.2. The van der Waals surface area contributed by atoms with Gasteiger partial charge in [-0.25, -0.2) is 8.42 Å². The van der Waals surface area contributed by atoms with Gasteiger partial charge in [-0.3, -0.25) is 4.79 Å². The molecule has 0 radical (unpaired) electrons. The van der Waals surface area contributed by atoms with Gasteiger partial charge in [-0.1, -0.05) is 23.2 Å². The molecule has 1 aliphatic rings. The molecule has 1 heterocycles. The maximum absolute atomic E-state index is 11.6. The van der Waals surface area contributed by atoms with Gasteiger partial charge in [0.1, 0.15) is 0 Å². The van der Waals surface area contributed by atoms with Gasteiger partial charge in [0, 0.05) is 10.0 Å². The summed E-state index contributed by atoms with van der Waals surface area (Å²) in [6.07, 6.45) is 0.175. The lowest BCUT2D eigenvalue weighted by Gasteiger charge is -2.23. The Kier molecular flexibility index (Phi) is 3.82. The number of hydrogen-bond donors (Lipinski definition) is 1. The van der Waals surface area contributed by atoms with Crippen molar-refractivity contribution in [3.63, 3.8) is 0 Å². The third-order valence-electron chi connectivity index (χ3n) is 3.38. The Balaban J connectivity index is 2.38. The second kappa shape index (κ2) is 4.96. The van der Waals surface area contributed by atoms with Crippen molar-refractivity contribution in [2.75, 3.05) is 11.5 Å². The van der Waals surface area contributed by atoms with Gasteiger partial charge < -0.3 is 5.11 Å². The molecule has 0 amide bonds. The minimum Gasteiger partial charge on any atom is -0.481 e. The highest BCUT2D eigenvalue weighted by Gasteiger charge is 2.48. The molecule has 0 spiro atoms. The summed E-state index contributed by atoms with van der Waals surface area (Å²) in [6.45, 7) is 0. The number of carbonyl (C=O) groups is 1. The van der Waals surface area contributed by atoms with Crippen LogP contribution in [-0.4, -0.2) is 31.0 Å². The van der Waals surface area contributed by atoms with E-state index in [0.29, 0.717) is 15.6 Å². The summed E-state index contributed by atoms with van der Waals surface area (Å²) in [7, 11) is -3.30. The van der Waals surface area contributed by atoms with Crippen LogP contribution in [0.1, 0.15) is 12.0 Å². The molecule has 0 aliphatic carbocycles. The van der Waals surface area contributed by atoms with Crippen LogP contribution in [0.4, 0.5) is 0 Å². The summed E-state index contributed by atoms with van der Waals surface area (Å²) in [6, 6.07) is 4.77. The predicted octanol–water partition coefficient (Wildman–Crippen LogP) is 2.43. The first-order valence-corrected chi connectivity index (χ1v) is 8.20. The van der Waals surface area contributed by atoms with Crippen LogP contribution in [-0.2, 0) is 21.1 Å². The van der Waals surface area contributed by atoms with Gasteiger partial charge in [-0.05, 0) is 36.6 Å². The molecule has 0 saturated carbocycles. The fraction of sp³-hybridized carbons (Fsp3) is 0.417. The molecule has 104 valence electrons. The van der Waals surface area contributed by atoms with Crippen LogP contribution < -0.4 is 0 Å². The van der Waals surface area contributed by atoms with Crippen molar-refractivity contribution in [3.05, 3.63) is 33.8 Å². The lowest BCUT2D eigenvalue weighted by atomic mass is 9.81. The fourth-order valence-corrected chi connectivity index (χ4v) is 4.78. The van der Waals surface area contributed by atoms with Gasteiger partial charge >= 0.3 is 5.97 Å². The van der Waals surface area contributed by atoms with E-state index in [9.17, 15) is 18.3 Å². The molecule has 1 aromatic carbocycles. The van der Waals surface area contributed by atoms with E-state index in [4.69, 9.17) is 23.2 Å². The highest BCUT2D eigenvalue weighted by Crippen LogP contribution is 2.38. The second-order valence-electron chi connectivity index (χ2n) is 4.84. The smallest absolute Gasteiger partial charge is 0.311 e. The molecule has 1 unspecified atom stereocenters. The number of rotatable bonds is 3. The summed E-state index contributed by atoms with van der Waals surface area (Å²) >= 11 is 11.9. The van der Waals surface area contributed by atoms with Crippen molar-refractivity contribution in [3.8, 4) is 0 Å². The maximum atomic E-state index is 11.6. The summed E-state index contributed by atoms with van der Waals surface area (Å²) in [4.78, 5) is 11.5. The molecule has 1 saturated heterocycles. The number of carboxylic acids is 1. The van der Waals surface area contributed by atoms with Gasteiger partial charge in [0.15, 0.2) is 9.84 Å². The van der Waals surface area contributed by atoms with Crippen molar-refractivity contribution in [2.45, 2.75) is 12.8 Å². The van der Waals surface area contributed by atoms with Crippen LogP contribution in [0.5, 0.6) is 0 Å². The number of hydrogen-bond acceptors (Lipinski definition) is 3. The Hall–Kier alpha value is -0.780. The zero-order valence-electron chi connectivity index (χ0n) is 9.90. The van der Waals surface area contributed by atoms with Crippen LogP contribution in [0.2, 0.25) is 10.0 Å². The summed E-state index contributed by atoms with van der Waals surface area (Å²) in [5.74, 6) is -1.56. The van der Waals surface area contributed by atoms with E-state index in [-0.39, 0.29) is 24.3 Å². The Bertz CT molecular complexity index is 627. The Morgan fingerprint density at radius 2 is 2.05 bits per heavy atom. The van der Waals surface area contributed by atoms with Crippen molar-refractivity contribution >= 4 is 39.0 Å². The van der Waals surface area contributed by atoms with Gasteiger partial charge in [0.25, 0.3) is 0 Å². The minimum atomic E-state index is -3.30. The van der Waals surface area contributed by atoms with Gasteiger partial charge in [-0.15, -0.1) is 0 Å². The first-order chi connectivity index (χ1) is 8.74. The average molecular weight is 323 g/mol. The first-order valence-electron chi connectivity index (χ1n) is 5.62. The van der Waals surface area contributed by atoms with Crippen LogP contribution in [0.15, 0.2) is 18.2 Å². The quantitative estimate of drug-likeness (QED) is 0.927. The van der Waals surface area contributed by atoms with Crippen molar-refractivity contribution in [2.24, 2.45) is 5.41 Å². The number of benzene rings is 1. The Morgan fingerprint density at radius 1 is 1.37 bits per heavy atom. The maximum Gasteiger partial charge on any atom is 0.311 e. The molecule has 0 bridgehead atoms. The lowest BCUT2D eigenvalue weighted by molar-refractivity contribution is -0.147. The topological polar surface area (TPSA) is 71.4 Å². The molecule has 1 N–H and O–H groups in total. The van der Waals surface area contributed by atoms with Gasteiger partial charge in [0.05, 0.1) is 16.9 Å². The highest BCUT2D eigenvalue weighted by molar-refractivity contribution is 7.91. The molecule has 7 heteroatoms. The van der Waals surface area contributed by atoms with Crippen LogP contribution in [0, 0.1) is 5.41 Å². The molecule has 1 aliphatic heterocycles. The van der Waals surface area contributed by atoms with Crippen molar-refractivity contribution < 1.29 is 18.3 Å². The molecular weight excluding hydrogens is 311 g/mol. The molecular formula is C12H12Cl2O4S. The zero-order chi connectivity index (χ0) is 14.3. The molecule has 2 rings (SSSR count). The van der Waals surface area contributed by atoms with Crippen LogP contribution in [0.3, 0.4) is 0 Å². The largest absolute Gasteiger partial charge is 0.481 e. The van der Waals surface area contributed by atoms with Crippen molar-refractivity contribution in [1.82, 2.24) is 0 Å². The van der Waals surface area contributed by atoms with Crippen LogP contribution >= 0.6 is 23.2 Å². The predicted molar refractivity (Wildman–Crippen MR) is 73.5 cm³/mol. The Morgan fingerprint density at radius 3 is 2.58 bits per heavy atom.